The van der Waals surface area contributed by atoms with Gasteiger partial charge in [0.1, 0.15) is 18.1 Å². The molecule has 0 aliphatic carbocycles. The summed E-state index contributed by atoms with van der Waals surface area (Å²) in [7, 11) is 0. The number of amides is 3. The monoisotopic (exact) mass is 523 g/mol. The predicted octanol–water partition coefficient (Wildman–Crippen LogP) is -1.53. The van der Waals surface area contributed by atoms with E-state index < -0.39 is 66.4 Å². The summed E-state index contributed by atoms with van der Waals surface area (Å²) >= 11 is 0. The Hall–Kier alpha value is -3.55. The van der Waals surface area contributed by atoms with E-state index in [2.05, 4.69) is 16.0 Å². The van der Waals surface area contributed by atoms with Crippen molar-refractivity contribution in [3.63, 3.8) is 0 Å². The number of aliphatic hydroxyl groups is 1. The van der Waals surface area contributed by atoms with Crippen LogP contribution in [0.2, 0.25) is 0 Å². The van der Waals surface area contributed by atoms with E-state index in [1.807, 2.05) is 0 Å². The minimum absolute atomic E-state index is 0.0457. The molecule has 3 amide bonds. The number of carboxylic acid groups (broad SMARTS) is 2. The van der Waals surface area contributed by atoms with Gasteiger partial charge in [-0.2, -0.15) is 0 Å². The van der Waals surface area contributed by atoms with Gasteiger partial charge in [0.15, 0.2) is 0 Å². The zero-order chi connectivity index (χ0) is 28.0. The van der Waals surface area contributed by atoms with Crippen LogP contribution in [0, 0.1) is 0 Å². The molecule has 5 unspecified atom stereocenters. The lowest BCUT2D eigenvalue weighted by Gasteiger charge is -2.26. The maximum absolute atomic E-state index is 12.9. The van der Waals surface area contributed by atoms with Crippen molar-refractivity contribution in [2.75, 3.05) is 6.54 Å². The van der Waals surface area contributed by atoms with Crippen LogP contribution in [0.15, 0.2) is 30.3 Å². The molecule has 10 N–H and O–H groups in total. The van der Waals surface area contributed by atoms with Gasteiger partial charge in [0.2, 0.25) is 17.7 Å². The van der Waals surface area contributed by atoms with Gasteiger partial charge < -0.3 is 42.7 Å². The van der Waals surface area contributed by atoms with Gasteiger partial charge in [-0.15, -0.1) is 0 Å². The number of carbonyl (C=O) groups is 5. The van der Waals surface area contributed by atoms with E-state index >= 15 is 0 Å². The normalized spacial score (nSPS) is 14.9. The summed E-state index contributed by atoms with van der Waals surface area (Å²) in [6, 6.07) is 3.29. The molecular formula is C24H37N5O8. The zero-order valence-corrected chi connectivity index (χ0v) is 20.8. The van der Waals surface area contributed by atoms with Gasteiger partial charge in [0, 0.05) is 12.8 Å². The number of aliphatic carboxylic acids is 2. The Bertz CT molecular complexity index is 912. The predicted molar refractivity (Wildman–Crippen MR) is 133 cm³/mol. The third-order valence-electron chi connectivity index (χ3n) is 5.55. The largest absolute Gasteiger partial charge is 0.481 e. The maximum Gasteiger partial charge on any atom is 0.326 e. The number of hydrogen-bond donors (Lipinski definition) is 8. The van der Waals surface area contributed by atoms with Gasteiger partial charge >= 0.3 is 11.9 Å². The first-order chi connectivity index (χ1) is 17.5. The second-order valence-electron chi connectivity index (χ2n) is 8.70. The molecule has 0 heterocycles. The lowest BCUT2D eigenvalue weighted by Crippen LogP contribution is -2.59. The van der Waals surface area contributed by atoms with Crippen molar-refractivity contribution in [3.8, 4) is 0 Å². The van der Waals surface area contributed by atoms with Crippen LogP contribution in [0.3, 0.4) is 0 Å². The average molecular weight is 524 g/mol. The molecule has 0 fully saturated rings. The molecule has 13 nitrogen and oxygen atoms in total. The minimum atomic E-state index is -1.49. The van der Waals surface area contributed by atoms with Crippen molar-refractivity contribution >= 4 is 29.7 Å². The lowest BCUT2D eigenvalue weighted by atomic mass is 10.0. The molecule has 1 aromatic rings. The molecule has 0 spiro atoms. The van der Waals surface area contributed by atoms with E-state index in [1.54, 1.807) is 30.3 Å². The number of nitrogens with two attached hydrogens (primary N) is 2. The molecule has 0 bridgehead atoms. The Kier molecular flexibility index (Phi) is 13.8. The molecule has 206 valence electrons. The number of unbranched alkanes of at least 4 members (excludes halogenated alkanes) is 1. The molecule has 1 rings (SSSR count). The Balaban J connectivity index is 2.96. The van der Waals surface area contributed by atoms with Gasteiger partial charge in [0.25, 0.3) is 0 Å². The highest BCUT2D eigenvalue weighted by atomic mass is 16.4. The summed E-state index contributed by atoms with van der Waals surface area (Å²) in [5.41, 5.74) is 11.9. The summed E-state index contributed by atoms with van der Waals surface area (Å²) in [4.78, 5) is 61.0. The molecule has 0 aliphatic heterocycles. The number of rotatable bonds is 17. The molecule has 0 aliphatic rings. The maximum atomic E-state index is 12.9. The summed E-state index contributed by atoms with van der Waals surface area (Å²) in [6.07, 6.45) is -0.746. The quantitative estimate of drug-likeness (QED) is 0.110. The Morgan fingerprint density at radius 3 is 2.03 bits per heavy atom. The first kappa shape index (κ1) is 31.5. The second-order valence-corrected chi connectivity index (χ2v) is 8.70. The van der Waals surface area contributed by atoms with Crippen molar-refractivity contribution in [2.24, 2.45) is 11.5 Å². The molecule has 37 heavy (non-hydrogen) atoms. The third-order valence-corrected chi connectivity index (χ3v) is 5.55. The van der Waals surface area contributed by atoms with Crippen LogP contribution in [0.25, 0.3) is 0 Å². The van der Waals surface area contributed by atoms with Gasteiger partial charge in [-0.3, -0.25) is 19.2 Å². The van der Waals surface area contributed by atoms with Crippen molar-refractivity contribution < 1.29 is 39.3 Å². The van der Waals surface area contributed by atoms with Crippen LogP contribution >= 0.6 is 0 Å². The smallest absolute Gasteiger partial charge is 0.326 e. The van der Waals surface area contributed by atoms with E-state index in [0.717, 1.165) is 0 Å². The molecule has 0 radical (unpaired) electrons. The Labute approximate surface area is 215 Å². The summed E-state index contributed by atoms with van der Waals surface area (Å²) in [5, 5.41) is 35.7. The van der Waals surface area contributed by atoms with Crippen LogP contribution < -0.4 is 27.4 Å². The number of aliphatic hydroxyl groups excluding tert-OH is 1. The molecule has 5 atom stereocenters. The highest BCUT2D eigenvalue weighted by Gasteiger charge is 2.32. The Morgan fingerprint density at radius 1 is 0.865 bits per heavy atom. The minimum Gasteiger partial charge on any atom is -0.481 e. The molecule has 0 saturated heterocycles. The molecule has 0 aromatic heterocycles. The Morgan fingerprint density at radius 2 is 1.49 bits per heavy atom. The lowest BCUT2D eigenvalue weighted by molar-refractivity contribution is -0.143. The van der Waals surface area contributed by atoms with Crippen LogP contribution in [-0.4, -0.2) is 81.8 Å². The van der Waals surface area contributed by atoms with E-state index in [1.165, 1.54) is 6.92 Å². The van der Waals surface area contributed by atoms with Crippen molar-refractivity contribution in [2.45, 2.75) is 75.7 Å². The van der Waals surface area contributed by atoms with E-state index in [0.29, 0.717) is 31.4 Å². The fourth-order valence-electron chi connectivity index (χ4n) is 3.43. The zero-order valence-electron chi connectivity index (χ0n) is 20.8. The summed E-state index contributed by atoms with van der Waals surface area (Å²) < 4.78 is 0. The number of carboxylic acids is 2. The standard InChI is InChI=1S/C24H37N5O8/c1-14(30)20(29-21(33)16(26)9-5-6-12-25)23(35)27-17(10-11-19(31)32)22(34)28-18(24(36)37)13-15-7-3-2-4-8-15/h2-4,7-8,14,16-18,20,30H,5-6,9-13,25-26H2,1H3,(H,27,35)(H,28,34)(H,29,33)(H,31,32)(H,36,37). The van der Waals surface area contributed by atoms with Gasteiger partial charge in [-0.25, -0.2) is 4.79 Å². The second kappa shape index (κ2) is 16.2. The van der Waals surface area contributed by atoms with Crippen LogP contribution in [0.5, 0.6) is 0 Å². The fourth-order valence-corrected chi connectivity index (χ4v) is 3.43. The molecular weight excluding hydrogens is 486 g/mol. The van der Waals surface area contributed by atoms with E-state index in [-0.39, 0.29) is 12.8 Å². The van der Waals surface area contributed by atoms with Gasteiger partial charge in [0.05, 0.1) is 12.1 Å². The fraction of sp³-hybridized carbons (Fsp3) is 0.542. The molecule has 1 aromatic carbocycles. The summed E-state index contributed by atoms with van der Waals surface area (Å²) in [6.45, 7) is 1.68. The van der Waals surface area contributed by atoms with Crippen LogP contribution in [0.1, 0.15) is 44.6 Å². The molecule has 0 saturated carbocycles. The van der Waals surface area contributed by atoms with Crippen LogP contribution in [0.4, 0.5) is 0 Å². The third kappa shape index (κ3) is 11.8. The number of carbonyl (C=O) groups excluding carboxylic acids is 3. The van der Waals surface area contributed by atoms with Crippen LogP contribution in [-0.2, 0) is 30.4 Å². The first-order valence-corrected chi connectivity index (χ1v) is 12.0. The highest BCUT2D eigenvalue weighted by Crippen LogP contribution is 2.07. The van der Waals surface area contributed by atoms with E-state index in [4.69, 9.17) is 16.6 Å². The highest BCUT2D eigenvalue weighted by molar-refractivity contribution is 5.94. The van der Waals surface area contributed by atoms with Gasteiger partial charge in [-0.1, -0.05) is 36.8 Å². The molecule has 13 heteroatoms. The topological polar surface area (TPSA) is 234 Å². The van der Waals surface area contributed by atoms with Crippen molar-refractivity contribution in [1.29, 1.82) is 0 Å². The average Bonchev–Trinajstić information content (AvgIpc) is 2.84. The SMILES string of the molecule is CC(O)C(NC(=O)C(N)CCCCN)C(=O)NC(CCC(=O)O)C(=O)NC(Cc1ccccc1)C(=O)O. The summed E-state index contributed by atoms with van der Waals surface area (Å²) in [5.74, 6) is -5.14. The van der Waals surface area contributed by atoms with Gasteiger partial charge in [-0.05, 0) is 38.3 Å². The first-order valence-electron chi connectivity index (χ1n) is 12.0. The van der Waals surface area contributed by atoms with E-state index in [9.17, 15) is 34.2 Å². The number of nitrogens with one attached hydrogen (secondary N) is 3. The van der Waals surface area contributed by atoms with Crippen molar-refractivity contribution in [3.05, 3.63) is 35.9 Å². The number of hydrogen-bond acceptors (Lipinski definition) is 8. The van der Waals surface area contributed by atoms with Crippen molar-refractivity contribution in [1.82, 2.24) is 16.0 Å². The number of benzene rings is 1.